The normalized spacial score (nSPS) is 10.7. The minimum Gasteiger partial charge on any atom is -0.380 e. The SMILES string of the molecule is Clc1ncc(CNc2ccc3ccccc3c2)s1. The summed E-state index contributed by atoms with van der Waals surface area (Å²) in [6.07, 6.45) is 1.81. The number of nitrogens with zero attached hydrogens (tertiary/aromatic N) is 1. The van der Waals surface area contributed by atoms with Crippen LogP contribution in [0.5, 0.6) is 0 Å². The highest BCUT2D eigenvalue weighted by molar-refractivity contribution is 7.15. The standard InChI is InChI=1S/C14H11ClN2S/c15-14-17-9-13(18-14)8-16-12-6-5-10-3-1-2-4-11(10)7-12/h1-7,9,16H,8H2. The van der Waals surface area contributed by atoms with Crippen LogP contribution in [0.15, 0.2) is 48.7 Å². The van der Waals surface area contributed by atoms with Crippen LogP contribution >= 0.6 is 22.9 Å². The fourth-order valence-corrected chi connectivity index (χ4v) is 2.77. The third-order valence-electron chi connectivity index (χ3n) is 2.74. The molecule has 18 heavy (non-hydrogen) atoms. The number of fused-ring (bicyclic) bond motifs is 1. The van der Waals surface area contributed by atoms with E-state index in [4.69, 9.17) is 11.6 Å². The summed E-state index contributed by atoms with van der Waals surface area (Å²) in [5.41, 5.74) is 1.11. The van der Waals surface area contributed by atoms with Gasteiger partial charge in [0.05, 0.1) is 6.54 Å². The number of anilines is 1. The van der Waals surface area contributed by atoms with Crippen molar-refractivity contribution in [2.45, 2.75) is 6.54 Å². The van der Waals surface area contributed by atoms with Gasteiger partial charge in [-0.15, -0.1) is 11.3 Å². The molecule has 0 unspecified atom stereocenters. The number of thiazole rings is 1. The molecule has 0 aliphatic heterocycles. The average Bonchev–Trinajstić information content (AvgIpc) is 2.82. The van der Waals surface area contributed by atoms with Gasteiger partial charge >= 0.3 is 0 Å². The van der Waals surface area contributed by atoms with Crippen LogP contribution in [0, 0.1) is 0 Å². The van der Waals surface area contributed by atoms with E-state index in [1.165, 1.54) is 22.1 Å². The van der Waals surface area contributed by atoms with Crippen molar-refractivity contribution in [2.75, 3.05) is 5.32 Å². The highest BCUT2D eigenvalue weighted by Crippen LogP contribution is 2.21. The van der Waals surface area contributed by atoms with Crippen molar-refractivity contribution in [2.24, 2.45) is 0 Å². The molecule has 3 rings (SSSR count). The van der Waals surface area contributed by atoms with Gasteiger partial charge in [-0.25, -0.2) is 4.98 Å². The molecule has 1 aromatic heterocycles. The monoisotopic (exact) mass is 274 g/mol. The summed E-state index contributed by atoms with van der Waals surface area (Å²) in [7, 11) is 0. The smallest absolute Gasteiger partial charge is 0.183 e. The summed E-state index contributed by atoms with van der Waals surface area (Å²) in [4.78, 5) is 5.16. The lowest BCUT2D eigenvalue weighted by molar-refractivity contribution is 1.18. The predicted octanol–water partition coefficient (Wildman–Crippen LogP) is 4.56. The zero-order chi connectivity index (χ0) is 12.4. The van der Waals surface area contributed by atoms with Crippen molar-refractivity contribution in [3.8, 4) is 0 Å². The maximum Gasteiger partial charge on any atom is 0.183 e. The van der Waals surface area contributed by atoms with Crippen molar-refractivity contribution >= 4 is 39.4 Å². The molecule has 0 bridgehead atoms. The third-order valence-corrected chi connectivity index (χ3v) is 3.86. The zero-order valence-electron chi connectivity index (χ0n) is 9.56. The summed E-state index contributed by atoms with van der Waals surface area (Å²) < 4.78 is 0.588. The molecule has 0 aliphatic carbocycles. The molecule has 0 atom stereocenters. The minimum atomic E-state index is 0.588. The number of aromatic nitrogens is 1. The Morgan fingerprint density at radius 1 is 1.11 bits per heavy atom. The summed E-state index contributed by atoms with van der Waals surface area (Å²) >= 11 is 7.30. The molecule has 0 amide bonds. The highest BCUT2D eigenvalue weighted by atomic mass is 35.5. The van der Waals surface area contributed by atoms with Gasteiger partial charge in [-0.05, 0) is 22.9 Å². The van der Waals surface area contributed by atoms with Gasteiger partial charge in [0.1, 0.15) is 0 Å². The van der Waals surface area contributed by atoms with E-state index >= 15 is 0 Å². The van der Waals surface area contributed by atoms with Crippen molar-refractivity contribution in [1.29, 1.82) is 0 Å². The maximum absolute atomic E-state index is 5.80. The van der Waals surface area contributed by atoms with Crippen molar-refractivity contribution in [3.63, 3.8) is 0 Å². The third kappa shape index (κ3) is 2.47. The molecular formula is C14H11ClN2S. The molecule has 2 aromatic carbocycles. The van der Waals surface area contributed by atoms with Gasteiger partial charge < -0.3 is 5.32 Å². The van der Waals surface area contributed by atoms with E-state index < -0.39 is 0 Å². The Kier molecular flexibility index (Phi) is 3.17. The molecule has 2 nitrogen and oxygen atoms in total. The highest BCUT2D eigenvalue weighted by Gasteiger charge is 2.00. The number of rotatable bonds is 3. The zero-order valence-corrected chi connectivity index (χ0v) is 11.1. The van der Waals surface area contributed by atoms with Gasteiger partial charge in [0.15, 0.2) is 4.47 Å². The van der Waals surface area contributed by atoms with Crippen LogP contribution < -0.4 is 5.32 Å². The van der Waals surface area contributed by atoms with Crippen molar-refractivity contribution in [3.05, 3.63) is 58.0 Å². The molecule has 90 valence electrons. The number of benzene rings is 2. The Morgan fingerprint density at radius 2 is 1.94 bits per heavy atom. The lowest BCUT2D eigenvalue weighted by atomic mass is 10.1. The first kappa shape index (κ1) is 11.5. The largest absolute Gasteiger partial charge is 0.380 e. The molecule has 0 aliphatic rings. The first-order valence-corrected chi connectivity index (χ1v) is 6.83. The van der Waals surface area contributed by atoms with E-state index in [2.05, 4.69) is 52.8 Å². The second-order valence-corrected chi connectivity index (χ2v) is 5.69. The minimum absolute atomic E-state index is 0.588. The second-order valence-electron chi connectivity index (χ2n) is 4.00. The number of hydrogen-bond acceptors (Lipinski definition) is 3. The molecule has 3 aromatic rings. The Labute approximate surface area is 114 Å². The van der Waals surface area contributed by atoms with Crippen LogP contribution in [-0.2, 0) is 6.54 Å². The van der Waals surface area contributed by atoms with Crippen LogP contribution in [0.25, 0.3) is 10.8 Å². The van der Waals surface area contributed by atoms with Gasteiger partial charge in [0.2, 0.25) is 0 Å². The number of nitrogens with one attached hydrogen (secondary N) is 1. The van der Waals surface area contributed by atoms with E-state index in [1.807, 2.05) is 0 Å². The van der Waals surface area contributed by atoms with Crippen LogP contribution in [0.1, 0.15) is 4.88 Å². The van der Waals surface area contributed by atoms with Gasteiger partial charge in [-0.3, -0.25) is 0 Å². The van der Waals surface area contributed by atoms with Crippen LogP contribution in [0.4, 0.5) is 5.69 Å². The molecular weight excluding hydrogens is 264 g/mol. The topological polar surface area (TPSA) is 24.9 Å². The predicted molar refractivity (Wildman–Crippen MR) is 78.4 cm³/mol. The maximum atomic E-state index is 5.80. The first-order valence-electron chi connectivity index (χ1n) is 5.64. The number of halogens is 1. The Bertz CT molecular complexity index is 678. The average molecular weight is 275 g/mol. The summed E-state index contributed by atoms with van der Waals surface area (Å²) in [5.74, 6) is 0. The Balaban J connectivity index is 1.78. The van der Waals surface area contributed by atoms with E-state index in [9.17, 15) is 0 Å². The molecule has 0 saturated carbocycles. The molecule has 1 heterocycles. The fraction of sp³-hybridized carbons (Fsp3) is 0.0714. The summed E-state index contributed by atoms with van der Waals surface area (Å²) in [5, 5.41) is 5.87. The van der Waals surface area contributed by atoms with E-state index in [0.717, 1.165) is 17.1 Å². The van der Waals surface area contributed by atoms with E-state index in [0.29, 0.717) is 4.47 Å². The van der Waals surface area contributed by atoms with E-state index in [1.54, 1.807) is 6.20 Å². The van der Waals surface area contributed by atoms with Crippen molar-refractivity contribution in [1.82, 2.24) is 4.98 Å². The van der Waals surface area contributed by atoms with Gasteiger partial charge in [0, 0.05) is 16.8 Å². The van der Waals surface area contributed by atoms with Crippen molar-refractivity contribution < 1.29 is 0 Å². The molecule has 0 spiro atoms. The number of hydrogen-bond donors (Lipinski definition) is 1. The molecule has 1 N–H and O–H groups in total. The van der Waals surface area contributed by atoms with Crippen LogP contribution in [-0.4, -0.2) is 4.98 Å². The summed E-state index contributed by atoms with van der Waals surface area (Å²) in [6, 6.07) is 14.7. The van der Waals surface area contributed by atoms with E-state index in [-0.39, 0.29) is 0 Å². The van der Waals surface area contributed by atoms with Crippen LogP contribution in [0.3, 0.4) is 0 Å². The molecule has 0 fully saturated rings. The second kappa shape index (κ2) is 4.96. The van der Waals surface area contributed by atoms with Crippen LogP contribution in [0.2, 0.25) is 4.47 Å². The fourth-order valence-electron chi connectivity index (χ4n) is 1.85. The Morgan fingerprint density at radius 3 is 2.72 bits per heavy atom. The lowest BCUT2D eigenvalue weighted by Gasteiger charge is -2.06. The van der Waals surface area contributed by atoms with Gasteiger partial charge in [0.25, 0.3) is 0 Å². The Hall–Kier alpha value is -1.58. The first-order chi connectivity index (χ1) is 8.81. The quantitative estimate of drug-likeness (QED) is 0.757. The summed E-state index contributed by atoms with van der Waals surface area (Å²) in [6.45, 7) is 0.753. The molecule has 0 saturated heterocycles. The van der Waals surface area contributed by atoms with Gasteiger partial charge in [-0.2, -0.15) is 0 Å². The lowest BCUT2D eigenvalue weighted by Crippen LogP contribution is -1.96. The molecule has 4 heteroatoms. The molecule has 0 radical (unpaired) electrons. The van der Waals surface area contributed by atoms with Gasteiger partial charge in [-0.1, -0.05) is 41.9 Å².